The van der Waals surface area contributed by atoms with Crippen molar-refractivity contribution >= 4 is 63.8 Å². The Hall–Kier alpha value is -5.17. The van der Waals surface area contributed by atoms with Crippen LogP contribution in [0.4, 0.5) is 16.2 Å². The quantitative estimate of drug-likeness (QED) is 0.101. The highest BCUT2D eigenvalue weighted by molar-refractivity contribution is 14.1. The normalized spacial score (nSPS) is 13.7. The highest BCUT2D eigenvalue weighted by atomic mass is 127. The highest BCUT2D eigenvalue weighted by Crippen LogP contribution is 2.35. The van der Waals surface area contributed by atoms with Crippen LogP contribution in [0, 0.1) is 17.4 Å². The Labute approximate surface area is 285 Å². The minimum Gasteiger partial charge on any atom is -0.490 e. The van der Waals surface area contributed by atoms with E-state index in [1.165, 1.54) is 6.08 Å². The number of rotatable bonds is 11. The van der Waals surface area contributed by atoms with E-state index in [-0.39, 0.29) is 23.8 Å². The van der Waals surface area contributed by atoms with Gasteiger partial charge in [-0.25, -0.2) is 9.69 Å². The van der Waals surface area contributed by atoms with E-state index in [2.05, 4.69) is 10.6 Å². The molecular formula is C36H32IN3O7. The largest absolute Gasteiger partial charge is 0.490 e. The maximum absolute atomic E-state index is 13.5. The van der Waals surface area contributed by atoms with Crippen molar-refractivity contribution < 1.29 is 33.4 Å². The van der Waals surface area contributed by atoms with Crippen LogP contribution in [0.1, 0.15) is 29.2 Å². The molecule has 1 fully saturated rings. The smallest absolute Gasteiger partial charge is 0.335 e. The number of imide groups is 2. The fourth-order valence-electron chi connectivity index (χ4n) is 4.76. The maximum atomic E-state index is 13.5. The third-order valence-electron chi connectivity index (χ3n) is 7.10. The first-order valence-corrected chi connectivity index (χ1v) is 15.8. The zero-order chi connectivity index (χ0) is 33.5. The Kier molecular flexibility index (Phi) is 10.6. The molecule has 1 saturated heterocycles. The van der Waals surface area contributed by atoms with Crippen LogP contribution in [0.2, 0.25) is 0 Å². The van der Waals surface area contributed by atoms with Crippen molar-refractivity contribution in [3.63, 3.8) is 0 Å². The van der Waals surface area contributed by atoms with Crippen molar-refractivity contribution in [3.05, 3.63) is 116 Å². The van der Waals surface area contributed by atoms with Crippen LogP contribution < -0.4 is 29.7 Å². The van der Waals surface area contributed by atoms with Gasteiger partial charge < -0.3 is 19.5 Å². The zero-order valence-corrected chi connectivity index (χ0v) is 28.1. The maximum Gasteiger partial charge on any atom is 0.335 e. The summed E-state index contributed by atoms with van der Waals surface area (Å²) in [7, 11) is 0. The molecule has 0 unspecified atom stereocenters. The summed E-state index contributed by atoms with van der Waals surface area (Å²) in [6.07, 6.45) is 1.39. The number of anilines is 2. The molecule has 0 saturated carbocycles. The van der Waals surface area contributed by atoms with Gasteiger partial charge in [0, 0.05) is 5.69 Å². The fraction of sp³-hybridized carbons (Fsp3) is 0.167. The van der Waals surface area contributed by atoms with Crippen LogP contribution in [0.3, 0.4) is 0 Å². The number of aryl methyl sites for hydroxylation is 2. The number of nitrogens with zero attached hydrogens (tertiary/aromatic N) is 1. The number of carbonyl (C=O) groups is 4. The zero-order valence-electron chi connectivity index (χ0n) is 26.0. The summed E-state index contributed by atoms with van der Waals surface area (Å²) in [5.41, 5.74) is 4.13. The summed E-state index contributed by atoms with van der Waals surface area (Å²) in [5, 5.41) is 5.11. The third-order valence-corrected chi connectivity index (χ3v) is 7.90. The van der Waals surface area contributed by atoms with Gasteiger partial charge in [0.25, 0.3) is 17.7 Å². The molecule has 0 bridgehead atoms. The SMILES string of the molecule is CCOc1cc(/C=C2/C(=O)NC(=O)N(c3ccc(OCc4ccccc4)cc3)C2=O)cc(I)c1OCC(=O)Nc1cc(C)ccc1C. The average Bonchev–Trinajstić information content (AvgIpc) is 3.04. The van der Waals surface area contributed by atoms with E-state index < -0.39 is 17.8 Å². The molecule has 0 radical (unpaired) electrons. The predicted molar refractivity (Wildman–Crippen MR) is 187 cm³/mol. The molecule has 5 amide bonds. The average molecular weight is 746 g/mol. The lowest BCUT2D eigenvalue weighted by Gasteiger charge is -2.26. The van der Waals surface area contributed by atoms with Crippen molar-refractivity contribution in [1.82, 2.24) is 5.32 Å². The molecule has 1 heterocycles. The van der Waals surface area contributed by atoms with E-state index in [4.69, 9.17) is 14.2 Å². The van der Waals surface area contributed by atoms with Gasteiger partial charge in [0.2, 0.25) is 0 Å². The van der Waals surface area contributed by atoms with Gasteiger partial charge in [-0.3, -0.25) is 19.7 Å². The van der Waals surface area contributed by atoms with Gasteiger partial charge in [-0.05, 0) is 114 Å². The van der Waals surface area contributed by atoms with Crippen LogP contribution in [0.5, 0.6) is 17.2 Å². The minimum atomic E-state index is -0.859. The van der Waals surface area contributed by atoms with Gasteiger partial charge in [0.15, 0.2) is 18.1 Å². The molecule has 2 N–H and O–H groups in total. The summed E-state index contributed by atoms with van der Waals surface area (Å²) in [4.78, 5) is 52.7. The van der Waals surface area contributed by atoms with Crippen LogP contribution >= 0.6 is 22.6 Å². The van der Waals surface area contributed by atoms with Gasteiger partial charge >= 0.3 is 6.03 Å². The first kappa shape index (κ1) is 33.2. The molecule has 4 aromatic rings. The molecule has 10 nitrogen and oxygen atoms in total. The third kappa shape index (κ3) is 8.17. The summed E-state index contributed by atoms with van der Waals surface area (Å²) in [6.45, 7) is 6.04. The Balaban J connectivity index is 1.32. The summed E-state index contributed by atoms with van der Waals surface area (Å²) in [6, 6.07) is 24.3. The molecule has 240 valence electrons. The summed E-state index contributed by atoms with van der Waals surface area (Å²) >= 11 is 2.04. The summed E-state index contributed by atoms with van der Waals surface area (Å²) < 4.78 is 18.1. The number of benzene rings is 4. The Morgan fingerprint density at radius 1 is 0.915 bits per heavy atom. The van der Waals surface area contributed by atoms with E-state index in [9.17, 15) is 19.2 Å². The topological polar surface area (TPSA) is 123 Å². The van der Waals surface area contributed by atoms with Crippen molar-refractivity contribution in [2.75, 3.05) is 23.4 Å². The van der Waals surface area contributed by atoms with Crippen LogP contribution in [0.15, 0.2) is 90.5 Å². The standard InChI is InChI=1S/C36H32IN3O7/c1-4-45-31-19-25(18-29(37)33(31)47-21-32(41)38-30-16-22(2)10-11-23(30)3)17-28-34(42)39-36(44)40(35(28)43)26-12-14-27(15-13-26)46-20-24-8-6-5-7-9-24/h5-19H,4,20-21H2,1-3H3,(H,38,41)(H,39,42,44)/b28-17-. The Bertz CT molecular complexity index is 1860. The first-order chi connectivity index (χ1) is 22.6. The van der Waals surface area contributed by atoms with Crippen molar-refractivity contribution in [2.45, 2.75) is 27.4 Å². The molecule has 1 aliphatic rings. The van der Waals surface area contributed by atoms with Crippen molar-refractivity contribution in [1.29, 1.82) is 0 Å². The monoisotopic (exact) mass is 745 g/mol. The van der Waals surface area contributed by atoms with Gasteiger partial charge in [0.1, 0.15) is 17.9 Å². The molecular weight excluding hydrogens is 713 g/mol. The molecule has 1 aliphatic heterocycles. The Morgan fingerprint density at radius 3 is 2.38 bits per heavy atom. The number of halogens is 1. The molecule has 0 aromatic heterocycles. The molecule has 0 atom stereocenters. The lowest BCUT2D eigenvalue weighted by molar-refractivity contribution is -0.122. The number of nitrogens with one attached hydrogen (secondary N) is 2. The number of hydrogen-bond acceptors (Lipinski definition) is 7. The molecule has 5 rings (SSSR count). The first-order valence-electron chi connectivity index (χ1n) is 14.8. The second kappa shape index (κ2) is 14.9. The molecule has 0 spiro atoms. The number of urea groups is 1. The number of barbiturate groups is 1. The summed E-state index contributed by atoms with van der Waals surface area (Å²) in [5.74, 6) is -0.723. The van der Waals surface area contributed by atoms with Crippen molar-refractivity contribution in [2.24, 2.45) is 0 Å². The van der Waals surface area contributed by atoms with Crippen LogP contribution in [-0.4, -0.2) is 37.0 Å². The molecule has 11 heteroatoms. The van der Waals surface area contributed by atoms with Gasteiger partial charge in [0.05, 0.1) is 15.9 Å². The number of ether oxygens (including phenoxy) is 3. The van der Waals surface area contributed by atoms with Gasteiger partial charge in [-0.2, -0.15) is 0 Å². The molecule has 4 aromatic carbocycles. The number of carbonyl (C=O) groups excluding carboxylic acids is 4. The number of amides is 5. The molecule has 47 heavy (non-hydrogen) atoms. The number of hydrogen-bond donors (Lipinski definition) is 2. The van der Waals surface area contributed by atoms with Crippen molar-refractivity contribution in [3.8, 4) is 17.2 Å². The lowest BCUT2D eigenvalue weighted by atomic mass is 10.1. The predicted octanol–water partition coefficient (Wildman–Crippen LogP) is 6.57. The van der Waals surface area contributed by atoms with E-state index >= 15 is 0 Å². The second-order valence-corrected chi connectivity index (χ2v) is 11.8. The molecule has 0 aliphatic carbocycles. The van der Waals surface area contributed by atoms with Crippen LogP contribution in [0.25, 0.3) is 6.08 Å². The van der Waals surface area contributed by atoms with Gasteiger partial charge in [-0.15, -0.1) is 0 Å². The minimum absolute atomic E-state index is 0.242. The van der Waals surface area contributed by atoms with Gasteiger partial charge in [-0.1, -0.05) is 42.5 Å². The fourth-order valence-corrected chi connectivity index (χ4v) is 5.54. The Morgan fingerprint density at radius 2 is 1.66 bits per heavy atom. The van der Waals surface area contributed by atoms with E-state index in [1.54, 1.807) is 43.3 Å². The van der Waals surface area contributed by atoms with Crippen LogP contribution in [-0.2, 0) is 21.0 Å². The van der Waals surface area contributed by atoms with E-state index in [0.717, 1.165) is 21.6 Å². The second-order valence-electron chi connectivity index (χ2n) is 10.6. The highest BCUT2D eigenvalue weighted by Gasteiger charge is 2.37. The van der Waals surface area contributed by atoms with E-state index in [1.807, 2.05) is 85.0 Å². The lowest BCUT2D eigenvalue weighted by Crippen LogP contribution is -2.54. The van der Waals surface area contributed by atoms with E-state index in [0.29, 0.717) is 45.3 Å².